The topological polar surface area (TPSA) is 16.1 Å². The van der Waals surface area contributed by atoms with Crippen LogP contribution in [-0.2, 0) is 0 Å². The predicted molar refractivity (Wildman–Crippen MR) is 53.4 cm³/mol. The maximum Gasteiger partial charge on any atom is 0.0363 e. The molecule has 0 radical (unpaired) electrons. The van der Waals surface area contributed by atoms with Crippen LogP contribution in [-0.4, -0.2) is 23.0 Å². The molecule has 0 aliphatic carbocycles. The van der Waals surface area contributed by atoms with Crippen molar-refractivity contribution >= 4 is 0 Å². The van der Waals surface area contributed by atoms with Gasteiger partial charge in [0.25, 0.3) is 0 Å². The zero-order valence-corrected chi connectivity index (χ0v) is 8.27. The van der Waals surface area contributed by atoms with Gasteiger partial charge in [0.05, 0.1) is 0 Å². The number of aromatic nitrogens is 1. The number of hydrogen-bond donors (Lipinski definition) is 0. The summed E-state index contributed by atoms with van der Waals surface area (Å²) < 4.78 is 0. The van der Waals surface area contributed by atoms with Gasteiger partial charge >= 0.3 is 0 Å². The van der Waals surface area contributed by atoms with Crippen LogP contribution < -0.4 is 0 Å². The summed E-state index contributed by atoms with van der Waals surface area (Å²) in [6.07, 6.45) is 6.39. The van der Waals surface area contributed by atoms with Gasteiger partial charge in [-0.2, -0.15) is 0 Å². The van der Waals surface area contributed by atoms with Crippen LogP contribution in [0.2, 0.25) is 0 Å². The van der Waals surface area contributed by atoms with Gasteiger partial charge in [-0.3, -0.25) is 9.88 Å². The van der Waals surface area contributed by atoms with Crippen molar-refractivity contribution in [2.24, 2.45) is 0 Å². The zero-order chi connectivity index (χ0) is 9.26. The van der Waals surface area contributed by atoms with Gasteiger partial charge in [0.2, 0.25) is 0 Å². The molecule has 0 spiro atoms. The Morgan fingerprint density at radius 3 is 2.85 bits per heavy atom. The first kappa shape index (κ1) is 8.70. The molecule has 70 valence electrons. The zero-order valence-electron chi connectivity index (χ0n) is 8.27. The Morgan fingerprint density at radius 2 is 2.31 bits per heavy atom. The maximum absolute atomic E-state index is 4.16. The van der Waals surface area contributed by atoms with Gasteiger partial charge in [-0.05, 0) is 38.4 Å². The molecule has 1 fully saturated rings. The largest absolute Gasteiger partial charge is 0.297 e. The van der Waals surface area contributed by atoms with Gasteiger partial charge < -0.3 is 0 Å². The van der Waals surface area contributed by atoms with Crippen molar-refractivity contribution in [2.75, 3.05) is 7.05 Å². The van der Waals surface area contributed by atoms with E-state index in [1.807, 2.05) is 18.5 Å². The van der Waals surface area contributed by atoms with Crippen LogP contribution in [0.25, 0.3) is 0 Å². The second kappa shape index (κ2) is 3.46. The Kier molecular flexibility index (Phi) is 2.32. The summed E-state index contributed by atoms with van der Waals surface area (Å²) in [7, 11) is 2.20. The van der Waals surface area contributed by atoms with Crippen LogP contribution >= 0.6 is 0 Å². The fourth-order valence-corrected chi connectivity index (χ4v) is 2.09. The van der Waals surface area contributed by atoms with Crippen molar-refractivity contribution in [2.45, 2.75) is 31.8 Å². The Bertz CT molecular complexity index is 271. The molecule has 2 heterocycles. The van der Waals surface area contributed by atoms with Gasteiger partial charge in [-0.1, -0.05) is 6.07 Å². The number of rotatable bonds is 1. The highest BCUT2D eigenvalue weighted by Crippen LogP contribution is 2.33. The summed E-state index contributed by atoms with van der Waals surface area (Å²) in [6, 6.07) is 5.49. The summed E-state index contributed by atoms with van der Waals surface area (Å²) in [5.74, 6) is 0. The summed E-state index contributed by atoms with van der Waals surface area (Å²) >= 11 is 0. The van der Waals surface area contributed by atoms with Crippen LogP contribution in [0.4, 0.5) is 0 Å². The average molecular weight is 176 g/mol. The van der Waals surface area contributed by atoms with Crippen LogP contribution in [0.3, 0.4) is 0 Å². The first-order valence-corrected chi connectivity index (χ1v) is 4.91. The van der Waals surface area contributed by atoms with Crippen LogP contribution in [0, 0.1) is 0 Å². The van der Waals surface area contributed by atoms with Crippen molar-refractivity contribution in [1.29, 1.82) is 0 Å². The molecule has 13 heavy (non-hydrogen) atoms. The van der Waals surface area contributed by atoms with E-state index in [1.165, 1.54) is 18.4 Å². The lowest BCUT2D eigenvalue weighted by Gasteiger charge is -2.23. The summed E-state index contributed by atoms with van der Waals surface area (Å²) in [5, 5.41) is 0. The van der Waals surface area contributed by atoms with Gasteiger partial charge in [0.1, 0.15) is 0 Å². The molecular weight excluding hydrogens is 160 g/mol. The lowest BCUT2D eigenvalue weighted by atomic mass is 10.1. The van der Waals surface area contributed by atoms with E-state index in [4.69, 9.17) is 0 Å². The minimum atomic E-state index is 0.587. The fourth-order valence-electron chi connectivity index (χ4n) is 2.09. The molecule has 2 rings (SSSR count). The lowest BCUT2D eigenvalue weighted by molar-refractivity contribution is 0.256. The third kappa shape index (κ3) is 1.59. The molecule has 1 aromatic heterocycles. The van der Waals surface area contributed by atoms with Crippen molar-refractivity contribution in [3.05, 3.63) is 30.1 Å². The van der Waals surface area contributed by atoms with E-state index < -0.39 is 0 Å². The van der Waals surface area contributed by atoms with Crippen LogP contribution in [0.15, 0.2) is 24.5 Å². The molecule has 1 aromatic rings. The molecule has 2 heteroatoms. The maximum atomic E-state index is 4.16. The minimum absolute atomic E-state index is 0.587. The molecule has 1 aliphatic heterocycles. The second-order valence-electron chi connectivity index (χ2n) is 3.89. The monoisotopic (exact) mass is 176 g/mol. The molecule has 0 N–H and O–H groups in total. The Balaban J connectivity index is 2.19. The molecule has 0 amide bonds. The minimum Gasteiger partial charge on any atom is -0.297 e. The summed E-state index contributed by atoms with van der Waals surface area (Å²) in [6.45, 7) is 2.29. The van der Waals surface area contributed by atoms with E-state index in [9.17, 15) is 0 Å². The number of likely N-dealkylation sites (tertiary alicyclic amines) is 1. The molecule has 1 aliphatic rings. The van der Waals surface area contributed by atoms with E-state index in [1.54, 1.807) is 0 Å². The summed E-state index contributed by atoms with van der Waals surface area (Å²) in [4.78, 5) is 6.60. The molecule has 2 nitrogen and oxygen atoms in total. The first-order valence-electron chi connectivity index (χ1n) is 4.91. The van der Waals surface area contributed by atoms with Gasteiger partial charge in [0.15, 0.2) is 0 Å². The van der Waals surface area contributed by atoms with E-state index in [2.05, 4.69) is 29.9 Å². The van der Waals surface area contributed by atoms with E-state index >= 15 is 0 Å². The average Bonchev–Trinajstić information content (AvgIpc) is 2.49. The standard InChI is InChI=1S/C11H16N2/c1-9-5-6-11(13(9)2)10-4-3-7-12-8-10/h3-4,7-9,11H,5-6H2,1-2H3/t9-,11-/m0/s1. The van der Waals surface area contributed by atoms with Gasteiger partial charge in [-0.15, -0.1) is 0 Å². The van der Waals surface area contributed by atoms with Crippen molar-refractivity contribution in [3.8, 4) is 0 Å². The van der Waals surface area contributed by atoms with E-state index in [0.29, 0.717) is 12.1 Å². The highest BCUT2D eigenvalue weighted by molar-refractivity contribution is 5.15. The normalized spacial score (nSPS) is 29.4. The molecule has 0 bridgehead atoms. The highest BCUT2D eigenvalue weighted by Gasteiger charge is 2.28. The molecular formula is C11H16N2. The van der Waals surface area contributed by atoms with Gasteiger partial charge in [0, 0.05) is 24.5 Å². The molecule has 0 saturated carbocycles. The van der Waals surface area contributed by atoms with Gasteiger partial charge in [-0.25, -0.2) is 0 Å². The Labute approximate surface area is 79.6 Å². The Morgan fingerprint density at radius 1 is 1.46 bits per heavy atom. The lowest BCUT2D eigenvalue weighted by Crippen LogP contribution is -2.24. The third-order valence-electron chi connectivity index (χ3n) is 3.11. The molecule has 1 saturated heterocycles. The smallest absolute Gasteiger partial charge is 0.0363 e. The van der Waals surface area contributed by atoms with E-state index in [-0.39, 0.29) is 0 Å². The quantitative estimate of drug-likeness (QED) is 0.652. The highest BCUT2D eigenvalue weighted by atomic mass is 15.2. The SMILES string of the molecule is C[C@H]1CC[C@@H](c2cccnc2)N1C. The summed E-state index contributed by atoms with van der Waals surface area (Å²) in [5.41, 5.74) is 1.36. The number of hydrogen-bond acceptors (Lipinski definition) is 2. The Hall–Kier alpha value is -0.890. The van der Waals surface area contributed by atoms with Crippen molar-refractivity contribution in [1.82, 2.24) is 9.88 Å². The molecule has 0 aromatic carbocycles. The fraction of sp³-hybridized carbons (Fsp3) is 0.545. The molecule has 0 unspecified atom stereocenters. The number of pyridine rings is 1. The van der Waals surface area contributed by atoms with Crippen LogP contribution in [0.5, 0.6) is 0 Å². The predicted octanol–water partition coefficient (Wildman–Crippen LogP) is 2.24. The first-order chi connectivity index (χ1) is 6.29. The van der Waals surface area contributed by atoms with Crippen molar-refractivity contribution in [3.63, 3.8) is 0 Å². The second-order valence-corrected chi connectivity index (χ2v) is 3.89. The third-order valence-corrected chi connectivity index (χ3v) is 3.11. The van der Waals surface area contributed by atoms with E-state index in [0.717, 1.165) is 0 Å². The van der Waals surface area contributed by atoms with Crippen LogP contribution in [0.1, 0.15) is 31.4 Å². The number of nitrogens with zero attached hydrogens (tertiary/aromatic N) is 2. The molecule has 2 atom stereocenters. The van der Waals surface area contributed by atoms with Crippen molar-refractivity contribution < 1.29 is 0 Å².